The van der Waals surface area contributed by atoms with Gasteiger partial charge in [-0.05, 0) is 49.7 Å². The first-order chi connectivity index (χ1) is 10.0. The van der Waals surface area contributed by atoms with Crippen LogP contribution in [0.25, 0.3) is 0 Å². The molecule has 0 aliphatic carbocycles. The molecule has 0 aliphatic heterocycles. The van der Waals surface area contributed by atoms with Gasteiger partial charge in [0.1, 0.15) is 5.82 Å². The fourth-order valence-electron chi connectivity index (χ4n) is 1.96. The molecule has 0 aliphatic rings. The van der Waals surface area contributed by atoms with E-state index < -0.39 is 5.97 Å². The molecule has 0 amide bonds. The first kappa shape index (κ1) is 14.8. The molecule has 0 saturated carbocycles. The fraction of sp³-hybridized carbons (Fsp3) is 0.188. The molecule has 0 heterocycles. The third-order valence-electron chi connectivity index (χ3n) is 3.02. The van der Waals surface area contributed by atoms with E-state index >= 15 is 0 Å². The lowest BCUT2D eigenvalue weighted by atomic mass is 10.1. The summed E-state index contributed by atoms with van der Waals surface area (Å²) in [6, 6.07) is 9.60. The highest BCUT2D eigenvalue weighted by Gasteiger charge is 2.15. The topological polar surface area (TPSA) is 64.3 Å². The van der Waals surface area contributed by atoms with E-state index in [2.05, 4.69) is 5.32 Å². The quantitative estimate of drug-likeness (QED) is 0.666. The van der Waals surface area contributed by atoms with Crippen LogP contribution in [-0.2, 0) is 4.74 Å². The fourth-order valence-corrected chi connectivity index (χ4v) is 1.96. The van der Waals surface area contributed by atoms with Gasteiger partial charge in [-0.2, -0.15) is 0 Å². The van der Waals surface area contributed by atoms with Crippen LogP contribution in [0, 0.1) is 12.7 Å². The maximum Gasteiger partial charge on any atom is 0.340 e. The lowest BCUT2D eigenvalue weighted by molar-refractivity contribution is 0.0527. The average molecular weight is 288 g/mol. The first-order valence-corrected chi connectivity index (χ1v) is 6.61. The predicted molar refractivity (Wildman–Crippen MR) is 81.2 cm³/mol. The van der Waals surface area contributed by atoms with Crippen LogP contribution >= 0.6 is 0 Å². The minimum absolute atomic E-state index is 0.280. The third-order valence-corrected chi connectivity index (χ3v) is 3.02. The summed E-state index contributed by atoms with van der Waals surface area (Å²) in [7, 11) is 0. The number of carbonyl (C=O) groups excluding carboxylic acids is 1. The largest absolute Gasteiger partial charge is 0.462 e. The van der Waals surface area contributed by atoms with Crippen LogP contribution in [-0.4, -0.2) is 12.6 Å². The summed E-state index contributed by atoms with van der Waals surface area (Å²) in [6.45, 7) is 3.69. The van der Waals surface area contributed by atoms with Gasteiger partial charge >= 0.3 is 5.97 Å². The van der Waals surface area contributed by atoms with Gasteiger partial charge in [0.05, 0.1) is 23.5 Å². The van der Waals surface area contributed by atoms with Crippen LogP contribution in [0.3, 0.4) is 0 Å². The van der Waals surface area contributed by atoms with Crippen molar-refractivity contribution in [3.05, 3.63) is 53.3 Å². The number of carbonyl (C=O) groups is 1. The molecule has 5 heteroatoms. The Bertz CT molecular complexity index is 671. The van der Waals surface area contributed by atoms with Crippen molar-refractivity contribution in [3.63, 3.8) is 0 Å². The second-order valence-electron chi connectivity index (χ2n) is 4.58. The molecule has 0 bridgehead atoms. The highest BCUT2D eigenvalue weighted by atomic mass is 19.1. The number of hydrogen-bond donors (Lipinski definition) is 2. The van der Waals surface area contributed by atoms with E-state index in [0.29, 0.717) is 28.2 Å². The summed E-state index contributed by atoms with van der Waals surface area (Å²) in [5, 5.41) is 3.06. The summed E-state index contributed by atoms with van der Waals surface area (Å²) in [6.07, 6.45) is 0. The zero-order valence-electron chi connectivity index (χ0n) is 11.9. The van der Waals surface area contributed by atoms with E-state index in [1.165, 1.54) is 6.07 Å². The standard InChI is InChI=1S/C16H17FN2O2/c1-3-21-16(20)12-5-4-6-14(18)15(12)19-11-7-8-13(17)10(2)9-11/h4-9,19H,3,18H2,1-2H3. The minimum Gasteiger partial charge on any atom is -0.462 e. The molecule has 110 valence electrons. The number of hydrogen-bond acceptors (Lipinski definition) is 4. The van der Waals surface area contributed by atoms with Gasteiger partial charge in [0.15, 0.2) is 0 Å². The molecule has 2 rings (SSSR count). The second kappa shape index (κ2) is 6.26. The SMILES string of the molecule is CCOC(=O)c1cccc(N)c1Nc1ccc(F)c(C)c1. The molecule has 0 spiro atoms. The van der Waals surface area contributed by atoms with Gasteiger partial charge in [0.25, 0.3) is 0 Å². The zero-order valence-corrected chi connectivity index (χ0v) is 11.9. The monoisotopic (exact) mass is 288 g/mol. The molecule has 2 aromatic carbocycles. The van der Waals surface area contributed by atoms with Crippen molar-refractivity contribution in [2.45, 2.75) is 13.8 Å². The van der Waals surface area contributed by atoms with Gasteiger partial charge < -0.3 is 15.8 Å². The number of aryl methyl sites for hydroxylation is 1. The second-order valence-corrected chi connectivity index (χ2v) is 4.58. The normalized spacial score (nSPS) is 10.2. The number of nitrogens with one attached hydrogen (secondary N) is 1. The zero-order chi connectivity index (χ0) is 15.4. The van der Waals surface area contributed by atoms with Gasteiger partial charge in [-0.25, -0.2) is 9.18 Å². The lowest BCUT2D eigenvalue weighted by Gasteiger charge is -2.14. The first-order valence-electron chi connectivity index (χ1n) is 6.61. The number of nitrogens with two attached hydrogens (primary N) is 1. The molecule has 0 saturated heterocycles. The third kappa shape index (κ3) is 3.31. The van der Waals surface area contributed by atoms with Crippen molar-refractivity contribution < 1.29 is 13.9 Å². The van der Waals surface area contributed by atoms with Crippen LogP contribution in [0.1, 0.15) is 22.8 Å². The molecular formula is C16H17FN2O2. The minimum atomic E-state index is -0.453. The van der Waals surface area contributed by atoms with E-state index in [0.717, 1.165) is 0 Å². The van der Waals surface area contributed by atoms with E-state index in [1.54, 1.807) is 44.2 Å². The summed E-state index contributed by atoms with van der Waals surface area (Å²) < 4.78 is 18.3. The van der Waals surface area contributed by atoms with Crippen LogP contribution in [0.2, 0.25) is 0 Å². The molecule has 0 atom stereocenters. The lowest BCUT2D eigenvalue weighted by Crippen LogP contribution is -2.09. The van der Waals surface area contributed by atoms with E-state index in [9.17, 15) is 9.18 Å². The van der Waals surface area contributed by atoms with Crippen molar-refractivity contribution in [1.82, 2.24) is 0 Å². The number of halogens is 1. The number of rotatable bonds is 4. The van der Waals surface area contributed by atoms with Gasteiger partial charge in [-0.1, -0.05) is 6.07 Å². The molecule has 4 nitrogen and oxygen atoms in total. The summed E-state index contributed by atoms with van der Waals surface area (Å²) in [5.41, 5.74) is 8.31. The van der Waals surface area contributed by atoms with E-state index in [4.69, 9.17) is 10.5 Å². The van der Waals surface area contributed by atoms with Crippen molar-refractivity contribution in [1.29, 1.82) is 0 Å². The molecular weight excluding hydrogens is 271 g/mol. The highest BCUT2D eigenvalue weighted by molar-refractivity contribution is 5.99. The Labute approximate surface area is 122 Å². The maximum atomic E-state index is 13.3. The Hall–Kier alpha value is -2.56. The summed E-state index contributed by atoms with van der Waals surface area (Å²) >= 11 is 0. The number of esters is 1. The Balaban J connectivity index is 2.38. The molecule has 0 aromatic heterocycles. The Kier molecular flexibility index (Phi) is 4.42. The van der Waals surface area contributed by atoms with Crippen LogP contribution in [0.5, 0.6) is 0 Å². The number of anilines is 3. The number of ether oxygens (including phenoxy) is 1. The molecule has 0 fully saturated rings. The van der Waals surface area contributed by atoms with E-state index in [1.807, 2.05) is 0 Å². The molecule has 3 N–H and O–H groups in total. The van der Waals surface area contributed by atoms with Crippen LogP contribution in [0.4, 0.5) is 21.5 Å². The smallest absolute Gasteiger partial charge is 0.340 e. The maximum absolute atomic E-state index is 13.3. The van der Waals surface area contributed by atoms with Gasteiger partial charge in [0, 0.05) is 5.69 Å². The van der Waals surface area contributed by atoms with Crippen molar-refractivity contribution in [2.75, 3.05) is 17.7 Å². The van der Waals surface area contributed by atoms with Crippen LogP contribution in [0.15, 0.2) is 36.4 Å². The highest BCUT2D eigenvalue weighted by Crippen LogP contribution is 2.28. The van der Waals surface area contributed by atoms with Gasteiger partial charge in [-0.3, -0.25) is 0 Å². The molecule has 0 radical (unpaired) electrons. The average Bonchev–Trinajstić information content (AvgIpc) is 2.45. The number of benzene rings is 2. The van der Waals surface area contributed by atoms with Gasteiger partial charge in [-0.15, -0.1) is 0 Å². The number of para-hydroxylation sites is 1. The Morgan fingerprint density at radius 2 is 2.10 bits per heavy atom. The van der Waals surface area contributed by atoms with Crippen molar-refractivity contribution in [3.8, 4) is 0 Å². The van der Waals surface area contributed by atoms with Crippen molar-refractivity contribution >= 4 is 23.0 Å². The Morgan fingerprint density at radius 1 is 1.33 bits per heavy atom. The van der Waals surface area contributed by atoms with E-state index in [-0.39, 0.29) is 12.4 Å². The van der Waals surface area contributed by atoms with Crippen molar-refractivity contribution in [2.24, 2.45) is 0 Å². The van der Waals surface area contributed by atoms with Crippen LogP contribution < -0.4 is 11.1 Å². The number of nitrogen functional groups attached to an aromatic ring is 1. The summed E-state index contributed by atoms with van der Waals surface area (Å²) in [5.74, 6) is -0.738. The molecule has 21 heavy (non-hydrogen) atoms. The predicted octanol–water partition coefficient (Wildman–Crippen LogP) is 3.64. The molecule has 2 aromatic rings. The molecule has 0 unspecified atom stereocenters. The summed E-state index contributed by atoms with van der Waals surface area (Å²) in [4.78, 5) is 12.0. The van der Waals surface area contributed by atoms with Gasteiger partial charge in [0.2, 0.25) is 0 Å². The Morgan fingerprint density at radius 3 is 2.76 bits per heavy atom.